The molecule has 5 heteroatoms. The molecule has 0 heterocycles. The molecular formula is Ga3Zr2. The van der Waals surface area contributed by atoms with E-state index in [0.717, 1.165) is 0 Å². The van der Waals surface area contributed by atoms with E-state index in [1.54, 1.807) is 0 Å². The van der Waals surface area contributed by atoms with Crippen LogP contribution in [0.2, 0.25) is 0 Å². The summed E-state index contributed by atoms with van der Waals surface area (Å²) in [6.45, 7) is 0. The fraction of sp³-hybridized carbons (Fsp3) is 0. The molecule has 0 aliphatic rings. The van der Waals surface area contributed by atoms with Crippen molar-refractivity contribution in [2.45, 2.75) is 0 Å². The topological polar surface area (TPSA) is 0 Å². The molecule has 0 unspecified atom stereocenters. The minimum atomic E-state index is 0. The normalized spacial score (nSPS) is 0. The van der Waals surface area contributed by atoms with Gasteiger partial charge in [0.25, 0.3) is 0 Å². The Morgan fingerprint density at radius 1 is 0.400 bits per heavy atom. The number of rotatable bonds is 0. The second-order valence-electron chi connectivity index (χ2n) is 0. The molecule has 0 saturated heterocycles. The summed E-state index contributed by atoms with van der Waals surface area (Å²) in [4.78, 5) is 0. The maximum absolute atomic E-state index is 0. The van der Waals surface area contributed by atoms with E-state index in [-0.39, 0.29) is 112 Å². The SMILES string of the molecule is [Ga].[Ga].[Ga].[Zr].[Zr]. The van der Waals surface area contributed by atoms with Gasteiger partial charge in [0, 0.05) is 112 Å². The molecule has 0 saturated carbocycles. The predicted octanol–water partition coefficient (Wildman–Crippen LogP) is -1.15. The maximum atomic E-state index is 0. The van der Waals surface area contributed by atoms with E-state index in [9.17, 15) is 0 Å². The molecule has 0 nitrogen and oxygen atoms in total. The molecule has 0 aliphatic carbocycles. The molecule has 5 heavy (non-hydrogen) atoms. The summed E-state index contributed by atoms with van der Waals surface area (Å²) < 4.78 is 0. The average molecular weight is 392 g/mol. The van der Waals surface area contributed by atoms with E-state index in [1.165, 1.54) is 0 Å². The summed E-state index contributed by atoms with van der Waals surface area (Å²) in [5.74, 6) is 0. The van der Waals surface area contributed by atoms with Gasteiger partial charge < -0.3 is 0 Å². The molecule has 0 spiro atoms. The molecule has 0 aliphatic heterocycles. The maximum Gasteiger partial charge on any atom is 0 e. The standard InChI is InChI=1S/3Ga.2Zr. The second-order valence-corrected chi connectivity index (χ2v) is 0. The molecule has 9 radical (unpaired) electrons. The van der Waals surface area contributed by atoms with Crippen molar-refractivity contribution in [1.29, 1.82) is 0 Å². The van der Waals surface area contributed by atoms with Crippen LogP contribution in [0, 0.1) is 0 Å². The largest absolute Gasteiger partial charge is 0 e. The molecule has 0 aromatic heterocycles. The first-order chi connectivity index (χ1) is 0. The Hall–Kier alpha value is 3.68. The Kier molecular flexibility index (Phi) is 192. The molecule has 0 fully saturated rings. The third-order valence-corrected chi connectivity index (χ3v) is 0. The van der Waals surface area contributed by atoms with Crippen molar-refractivity contribution >= 4 is 59.4 Å². The molecule has 0 bridgehead atoms. The van der Waals surface area contributed by atoms with E-state index >= 15 is 0 Å². The first kappa shape index (κ1) is 37.8. The quantitative estimate of drug-likeness (QED) is 0.458. The van der Waals surface area contributed by atoms with Crippen LogP contribution in [0.4, 0.5) is 0 Å². The molecule has 0 aromatic rings. The smallest absolute Gasteiger partial charge is 0 e. The number of hydrogen-bond acceptors (Lipinski definition) is 0. The number of hydrogen-bond donors (Lipinski definition) is 0. The Morgan fingerprint density at radius 3 is 0.400 bits per heavy atom. The van der Waals surface area contributed by atoms with Gasteiger partial charge in [-0.3, -0.25) is 0 Å². The van der Waals surface area contributed by atoms with Crippen molar-refractivity contribution in [1.82, 2.24) is 0 Å². The molecule has 0 N–H and O–H groups in total. The third-order valence-electron chi connectivity index (χ3n) is 0. The summed E-state index contributed by atoms with van der Waals surface area (Å²) in [6, 6.07) is 0. The fourth-order valence-electron chi connectivity index (χ4n) is 0. The zero-order chi connectivity index (χ0) is 0. The first-order valence-corrected chi connectivity index (χ1v) is 0. The van der Waals surface area contributed by atoms with Gasteiger partial charge in [-0.2, -0.15) is 0 Å². The van der Waals surface area contributed by atoms with Gasteiger partial charge in [0.15, 0.2) is 0 Å². The van der Waals surface area contributed by atoms with Gasteiger partial charge in [0.05, 0.1) is 0 Å². The average Bonchev–Trinajstić information content (AvgIpc) is 0. The summed E-state index contributed by atoms with van der Waals surface area (Å²) in [5.41, 5.74) is 0. The van der Waals surface area contributed by atoms with E-state index < -0.39 is 0 Å². The van der Waals surface area contributed by atoms with Crippen LogP contribution in [-0.2, 0) is 52.4 Å². The molecule has 0 amide bonds. The Balaban J connectivity index is 0. The summed E-state index contributed by atoms with van der Waals surface area (Å²) in [6.07, 6.45) is 0. The van der Waals surface area contributed by atoms with Gasteiger partial charge in [-0.25, -0.2) is 0 Å². The van der Waals surface area contributed by atoms with Crippen LogP contribution in [0.15, 0.2) is 0 Å². The minimum absolute atomic E-state index is 0. The van der Waals surface area contributed by atoms with E-state index in [1.807, 2.05) is 0 Å². The fourth-order valence-corrected chi connectivity index (χ4v) is 0. The molecular weight excluding hydrogens is 392 g/mol. The van der Waals surface area contributed by atoms with Crippen LogP contribution in [0.25, 0.3) is 0 Å². The zero-order valence-electron chi connectivity index (χ0n) is 2.73. The van der Waals surface area contributed by atoms with Crippen molar-refractivity contribution in [3.05, 3.63) is 0 Å². The van der Waals surface area contributed by atoms with Gasteiger partial charge >= 0.3 is 0 Å². The zero-order valence-corrected chi connectivity index (χ0v) is 14.9. The minimum Gasteiger partial charge on any atom is 0 e. The summed E-state index contributed by atoms with van der Waals surface area (Å²) >= 11 is 0. The molecule has 0 aromatic carbocycles. The van der Waals surface area contributed by atoms with Gasteiger partial charge in [-0.05, 0) is 0 Å². The van der Waals surface area contributed by atoms with Crippen molar-refractivity contribution < 1.29 is 52.4 Å². The third kappa shape index (κ3) is 18.3. The van der Waals surface area contributed by atoms with Crippen LogP contribution < -0.4 is 0 Å². The van der Waals surface area contributed by atoms with Gasteiger partial charge in [0.2, 0.25) is 0 Å². The van der Waals surface area contributed by atoms with Crippen LogP contribution in [-0.4, -0.2) is 59.4 Å². The van der Waals surface area contributed by atoms with Crippen LogP contribution in [0.5, 0.6) is 0 Å². The second kappa shape index (κ2) is 25.3. The molecule has 0 atom stereocenters. The van der Waals surface area contributed by atoms with Crippen molar-refractivity contribution in [3.63, 3.8) is 0 Å². The predicted molar refractivity (Wildman–Crippen MR) is 17.3 cm³/mol. The molecule has 17 valence electrons. The molecule has 0 rings (SSSR count). The Morgan fingerprint density at radius 2 is 0.400 bits per heavy atom. The van der Waals surface area contributed by atoms with Crippen molar-refractivity contribution in [3.8, 4) is 0 Å². The van der Waals surface area contributed by atoms with E-state index in [2.05, 4.69) is 0 Å². The summed E-state index contributed by atoms with van der Waals surface area (Å²) in [7, 11) is 0. The van der Waals surface area contributed by atoms with Crippen LogP contribution >= 0.6 is 0 Å². The monoisotopic (exact) mass is 387 g/mol. The van der Waals surface area contributed by atoms with Crippen molar-refractivity contribution in [2.24, 2.45) is 0 Å². The van der Waals surface area contributed by atoms with Gasteiger partial charge in [0.1, 0.15) is 0 Å². The van der Waals surface area contributed by atoms with Gasteiger partial charge in [-0.1, -0.05) is 0 Å². The van der Waals surface area contributed by atoms with Crippen LogP contribution in [0.1, 0.15) is 0 Å². The van der Waals surface area contributed by atoms with E-state index in [0.29, 0.717) is 0 Å². The first-order valence-electron chi connectivity index (χ1n) is 0. The van der Waals surface area contributed by atoms with Crippen LogP contribution in [0.3, 0.4) is 0 Å². The Labute approximate surface area is 109 Å². The van der Waals surface area contributed by atoms with E-state index in [4.69, 9.17) is 0 Å². The summed E-state index contributed by atoms with van der Waals surface area (Å²) in [5, 5.41) is 0. The Bertz CT molecular complexity index is 4.85. The van der Waals surface area contributed by atoms with Gasteiger partial charge in [-0.15, -0.1) is 0 Å². The van der Waals surface area contributed by atoms with Crippen molar-refractivity contribution in [2.75, 3.05) is 0 Å².